The molecular formula is C29H39N3O5S. The smallest absolute Gasteiger partial charge is 0.239 e. The number of carbonyl (C=O) groups excluding carboxylic acids is 2. The van der Waals surface area contributed by atoms with Crippen molar-refractivity contribution in [1.82, 2.24) is 9.80 Å². The molecule has 0 atom stereocenters. The molecule has 4 rings (SSSR count). The molecule has 8 nitrogen and oxygen atoms in total. The van der Waals surface area contributed by atoms with Crippen LogP contribution in [0, 0.1) is 0 Å². The van der Waals surface area contributed by atoms with Gasteiger partial charge in [0.15, 0.2) is 20.4 Å². The summed E-state index contributed by atoms with van der Waals surface area (Å²) in [6, 6.07) is 14.5. The number of benzene rings is 2. The highest BCUT2D eigenvalue weighted by molar-refractivity contribution is 7.93. The van der Waals surface area contributed by atoms with Crippen LogP contribution in [-0.4, -0.2) is 74.5 Å². The van der Waals surface area contributed by atoms with Crippen molar-refractivity contribution >= 4 is 21.5 Å². The van der Waals surface area contributed by atoms with E-state index in [1.807, 2.05) is 38.4 Å². The van der Waals surface area contributed by atoms with Crippen LogP contribution in [0.5, 0.6) is 5.75 Å². The molecule has 1 aliphatic carbocycles. The Morgan fingerprint density at radius 3 is 2.18 bits per heavy atom. The summed E-state index contributed by atoms with van der Waals surface area (Å²) in [5.74, 6) is -0.113. The first kappa shape index (κ1) is 28.3. The van der Waals surface area contributed by atoms with E-state index in [1.165, 1.54) is 17.7 Å². The topological polar surface area (TPSA) is 110 Å². The number of likely N-dealkylation sites (tertiary alicyclic amines) is 1. The molecule has 0 bridgehead atoms. The number of unbranched alkanes of at least 4 members (excludes halogenated alkanes) is 1. The number of hydrogen-bond acceptors (Lipinski definition) is 7. The molecule has 0 radical (unpaired) electrons. The quantitative estimate of drug-likeness (QED) is 0.306. The molecule has 2 aromatic carbocycles. The van der Waals surface area contributed by atoms with Crippen molar-refractivity contribution in [3.63, 3.8) is 0 Å². The van der Waals surface area contributed by atoms with E-state index in [9.17, 15) is 18.0 Å². The first-order valence-corrected chi connectivity index (χ1v) is 14.9. The normalized spacial score (nSPS) is 17.9. The largest absolute Gasteiger partial charge is 0.494 e. The Morgan fingerprint density at radius 2 is 1.63 bits per heavy atom. The van der Waals surface area contributed by atoms with Crippen LogP contribution in [0.15, 0.2) is 53.4 Å². The Kier molecular flexibility index (Phi) is 8.90. The van der Waals surface area contributed by atoms with Gasteiger partial charge in [0.05, 0.1) is 11.5 Å². The Balaban J connectivity index is 1.25. The predicted octanol–water partition coefficient (Wildman–Crippen LogP) is 3.44. The molecule has 0 spiro atoms. The lowest BCUT2D eigenvalue weighted by atomic mass is 9.95. The third-order valence-electron chi connectivity index (χ3n) is 7.61. The van der Waals surface area contributed by atoms with E-state index < -0.39 is 20.5 Å². The van der Waals surface area contributed by atoms with E-state index in [0.717, 1.165) is 24.9 Å². The van der Waals surface area contributed by atoms with Crippen LogP contribution in [-0.2, 0) is 21.2 Å². The molecular weight excluding hydrogens is 502 g/mol. The zero-order valence-corrected chi connectivity index (χ0v) is 23.2. The van der Waals surface area contributed by atoms with E-state index in [0.29, 0.717) is 50.8 Å². The van der Waals surface area contributed by atoms with Crippen molar-refractivity contribution in [2.75, 3.05) is 33.8 Å². The summed E-state index contributed by atoms with van der Waals surface area (Å²) in [6.07, 6.45) is 4.56. The molecule has 0 aromatic heterocycles. The van der Waals surface area contributed by atoms with Gasteiger partial charge in [-0.1, -0.05) is 24.3 Å². The van der Waals surface area contributed by atoms with Crippen LogP contribution in [0.25, 0.3) is 0 Å². The highest BCUT2D eigenvalue weighted by Crippen LogP contribution is 2.39. The third kappa shape index (κ3) is 6.45. The summed E-state index contributed by atoms with van der Waals surface area (Å²) in [6.45, 7) is 2.39. The fourth-order valence-corrected chi connectivity index (χ4v) is 7.09. The Morgan fingerprint density at radius 1 is 1.00 bits per heavy atom. The maximum absolute atomic E-state index is 13.5. The van der Waals surface area contributed by atoms with Crippen LogP contribution < -0.4 is 10.5 Å². The lowest BCUT2D eigenvalue weighted by Gasteiger charge is -2.39. The van der Waals surface area contributed by atoms with Gasteiger partial charge in [0, 0.05) is 37.7 Å². The van der Waals surface area contributed by atoms with Gasteiger partial charge in [0.25, 0.3) is 0 Å². The molecule has 0 unspecified atom stereocenters. The highest BCUT2D eigenvalue weighted by atomic mass is 32.2. The SMILES string of the molecule is CN(C)Cc1ccc(C(=O)CCCCOc2ccc(S(=O)(=O)C3(C(N)=O)CCN(C4CC4)CC3)cc2)cc1. The number of ether oxygens (including phenoxy) is 1. The zero-order chi connectivity index (χ0) is 27.3. The number of nitrogens with two attached hydrogens (primary N) is 1. The second-order valence-electron chi connectivity index (χ2n) is 10.8. The van der Waals surface area contributed by atoms with Crippen LogP contribution >= 0.6 is 0 Å². The van der Waals surface area contributed by atoms with Crippen LogP contribution in [0.1, 0.15) is 60.9 Å². The monoisotopic (exact) mass is 541 g/mol. The minimum Gasteiger partial charge on any atom is -0.494 e. The Labute approximate surface area is 226 Å². The van der Waals surface area contributed by atoms with Gasteiger partial charge in [0.1, 0.15) is 5.75 Å². The van der Waals surface area contributed by atoms with Gasteiger partial charge < -0.3 is 20.3 Å². The molecule has 1 aliphatic heterocycles. The van der Waals surface area contributed by atoms with Crippen LogP contribution in [0.4, 0.5) is 0 Å². The van der Waals surface area contributed by atoms with E-state index >= 15 is 0 Å². The van der Waals surface area contributed by atoms with Crippen molar-refractivity contribution in [3.8, 4) is 5.75 Å². The number of piperidine rings is 1. The number of primary amides is 1. The van der Waals surface area contributed by atoms with Gasteiger partial charge >= 0.3 is 0 Å². The zero-order valence-electron chi connectivity index (χ0n) is 22.4. The van der Waals surface area contributed by atoms with Gasteiger partial charge in [-0.05, 0) is 82.4 Å². The number of ketones is 1. The number of sulfone groups is 1. The van der Waals surface area contributed by atoms with Gasteiger partial charge in [0.2, 0.25) is 5.91 Å². The average molecular weight is 542 g/mol. The summed E-state index contributed by atoms with van der Waals surface area (Å²) < 4.78 is 31.2. The summed E-state index contributed by atoms with van der Waals surface area (Å²) in [5, 5.41) is 0. The lowest BCUT2D eigenvalue weighted by Crippen LogP contribution is -2.57. The highest BCUT2D eigenvalue weighted by Gasteiger charge is 2.52. The van der Waals surface area contributed by atoms with Crippen molar-refractivity contribution < 1.29 is 22.7 Å². The Hall–Kier alpha value is -2.75. The first-order chi connectivity index (χ1) is 18.1. The van der Waals surface area contributed by atoms with Gasteiger partial charge in [-0.25, -0.2) is 8.42 Å². The van der Waals surface area contributed by atoms with E-state index in [-0.39, 0.29) is 23.5 Å². The minimum absolute atomic E-state index is 0.0886. The Bertz CT molecular complexity index is 1210. The number of rotatable bonds is 13. The number of Topliss-reactive ketones (excluding diaryl/α,β-unsaturated/α-hetero) is 1. The molecule has 38 heavy (non-hydrogen) atoms. The number of carbonyl (C=O) groups is 2. The molecule has 2 N–H and O–H groups in total. The summed E-state index contributed by atoms with van der Waals surface area (Å²) >= 11 is 0. The van der Waals surface area contributed by atoms with Crippen molar-refractivity contribution in [2.45, 2.75) is 67.2 Å². The molecule has 206 valence electrons. The molecule has 2 aliphatic rings. The molecule has 1 heterocycles. The summed E-state index contributed by atoms with van der Waals surface area (Å²) in [4.78, 5) is 29.3. The third-order valence-corrected chi connectivity index (χ3v) is 10.1. The first-order valence-electron chi connectivity index (χ1n) is 13.4. The minimum atomic E-state index is -3.94. The molecule has 1 amide bonds. The second-order valence-corrected chi connectivity index (χ2v) is 13.0. The van der Waals surface area contributed by atoms with Gasteiger partial charge in [-0.2, -0.15) is 0 Å². The van der Waals surface area contributed by atoms with E-state index in [2.05, 4.69) is 9.80 Å². The number of amides is 1. The molecule has 1 saturated carbocycles. The van der Waals surface area contributed by atoms with E-state index in [4.69, 9.17) is 10.5 Å². The van der Waals surface area contributed by atoms with Gasteiger partial charge in [-0.15, -0.1) is 0 Å². The average Bonchev–Trinajstić information content (AvgIpc) is 3.74. The fourth-order valence-electron chi connectivity index (χ4n) is 5.16. The van der Waals surface area contributed by atoms with Crippen molar-refractivity contribution in [3.05, 3.63) is 59.7 Å². The number of nitrogens with zero attached hydrogens (tertiary/aromatic N) is 2. The standard InChI is InChI=1S/C29H39N3O5S/c1-31(2)21-22-6-8-23(9-7-22)27(33)5-3-4-20-37-25-12-14-26(15-13-25)38(35,36)29(28(30)34)16-18-32(19-17-29)24-10-11-24/h6-9,12-15,24H,3-5,10-11,16-21H2,1-2H3,(H2,30,34). The van der Waals surface area contributed by atoms with Crippen LogP contribution in [0.2, 0.25) is 0 Å². The fraction of sp³-hybridized carbons (Fsp3) is 0.517. The maximum Gasteiger partial charge on any atom is 0.239 e. The van der Waals surface area contributed by atoms with E-state index in [1.54, 1.807) is 12.1 Å². The summed E-state index contributed by atoms with van der Waals surface area (Å²) in [7, 11) is 0.0809. The predicted molar refractivity (Wildman–Crippen MR) is 147 cm³/mol. The number of hydrogen-bond donors (Lipinski definition) is 1. The molecule has 1 saturated heterocycles. The van der Waals surface area contributed by atoms with Crippen molar-refractivity contribution in [1.29, 1.82) is 0 Å². The lowest BCUT2D eigenvalue weighted by molar-refractivity contribution is -0.121. The van der Waals surface area contributed by atoms with Crippen molar-refractivity contribution in [2.24, 2.45) is 5.73 Å². The molecule has 2 fully saturated rings. The second kappa shape index (κ2) is 12.0. The molecule has 9 heteroatoms. The van der Waals surface area contributed by atoms with Gasteiger partial charge in [-0.3, -0.25) is 9.59 Å². The molecule has 2 aromatic rings. The maximum atomic E-state index is 13.5. The van der Waals surface area contributed by atoms with Crippen LogP contribution in [0.3, 0.4) is 0 Å². The summed E-state index contributed by atoms with van der Waals surface area (Å²) in [5.41, 5.74) is 7.57.